The van der Waals surface area contributed by atoms with Crippen molar-refractivity contribution in [1.82, 2.24) is 4.90 Å². The minimum Gasteiger partial charge on any atom is -0.325 e. The van der Waals surface area contributed by atoms with Gasteiger partial charge >= 0.3 is 0 Å². The van der Waals surface area contributed by atoms with E-state index in [9.17, 15) is 0 Å². The van der Waals surface area contributed by atoms with Crippen molar-refractivity contribution < 1.29 is 0 Å². The topological polar surface area (TPSA) is 3.01 Å². The average molecular weight is 119 g/mol. The number of fused-ring (bicyclic) bond motifs is 1. The molecule has 2 aliphatic rings. The highest BCUT2D eigenvalue weighted by atomic mass is 15.3. The largest absolute Gasteiger partial charge is 0.325 e. The van der Waals surface area contributed by atoms with Crippen LogP contribution in [0.25, 0.3) is 0 Å². The quantitative estimate of drug-likeness (QED) is 0.261. The van der Waals surface area contributed by atoms with Gasteiger partial charge in [-0.2, -0.15) is 0 Å². The molecule has 0 bridgehead atoms. The molecule has 1 atom stereocenters. The van der Waals surface area contributed by atoms with Crippen molar-refractivity contribution in [3.05, 3.63) is 12.2 Å². The van der Waals surface area contributed by atoms with Gasteiger partial charge in [0.1, 0.15) is 0 Å². The Labute approximate surface area is 55.4 Å². The van der Waals surface area contributed by atoms with Gasteiger partial charge < -0.3 is 4.90 Å². The highest BCUT2D eigenvalue weighted by Gasteiger charge is 2.30. The summed E-state index contributed by atoms with van der Waals surface area (Å²) in [6, 6.07) is 3.85. The molecule has 1 nitrogen and oxygen atoms in total. The van der Waals surface area contributed by atoms with Gasteiger partial charge in [-0.1, -0.05) is 18.1 Å². The lowest BCUT2D eigenvalue weighted by molar-refractivity contribution is 0.704. The second kappa shape index (κ2) is 1.80. The van der Waals surface area contributed by atoms with Gasteiger partial charge in [0, 0.05) is 19.0 Å². The summed E-state index contributed by atoms with van der Waals surface area (Å²) >= 11 is 0. The number of nitrogens with zero attached hydrogens (tertiary/aromatic N) is 1. The molecule has 1 unspecified atom stereocenters. The van der Waals surface area contributed by atoms with E-state index in [0.29, 0.717) is 0 Å². The predicted molar refractivity (Wildman–Crippen MR) is 36.6 cm³/mol. The Hall–Kier alpha value is -0.900. The Bertz CT molecular complexity index is 194. The summed E-state index contributed by atoms with van der Waals surface area (Å²) in [6.07, 6.45) is 6.53. The highest BCUT2D eigenvalue weighted by Crippen LogP contribution is 2.20. The van der Waals surface area contributed by atoms with Crippen molar-refractivity contribution in [1.29, 1.82) is 0 Å². The SMILES string of the molecule is C1#CN2CC2CC=CC1. The third-order valence-electron chi connectivity index (χ3n) is 1.73. The molecular weight excluding hydrogens is 110 g/mol. The fraction of sp³-hybridized carbons (Fsp3) is 0.500. The van der Waals surface area contributed by atoms with Crippen LogP contribution in [0, 0.1) is 12.0 Å². The molecule has 0 saturated carbocycles. The minimum atomic E-state index is 0.758. The van der Waals surface area contributed by atoms with Crippen LogP contribution < -0.4 is 0 Å². The zero-order chi connectivity index (χ0) is 6.10. The standard InChI is InChI=1S/C8H9N/c1-2-4-6-9-7-8(9)5-3-1/h1,3,8H,2,5,7H2. The van der Waals surface area contributed by atoms with Gasteiger partial charge in [0.15, 0.2) is 0 Å². The fourth-order valence-corrected chi connectivity index (χ4v) is 1.06. The van der Waals surface area contributed by atoms with Gasteiger partial charge in [-0.3, -0.25) is 0 Å². The summed E-state index contributed by atoms with van der Waals surface area (Å²) in [5.41, 5.74) is 0. The summed E-state index contributed by atoms with van der Waals surface area (Å²) in [7, 11) is 0. The van der Waals surface area contributed by atoms with Crippen molar-refractivity contribution in [3.63, 3.8) is 0 Å². The second-order valence-corrected chi connectivity index (χ2v) is 2.51. The van der Waals surface area contributed by atoms with Crippen LogP contribution >= 0.6 is 0 Å². The van der Waals surface area contributed by atoms with E-state index in [0.717, 1.165) is 12.5 Å². The average Bonchev–Trinajstić information content (AvgIpc) is 2.46. The molecule has 2 aliphatic heterocycles. The van der Waals surface area contributed by atoms with E-state index < -0.39 is 0 Å². The third-order valence-corrected chi connectivity index (χ3v) is 1.73. The van der Waals surface area contributed by atoms with Crippen LogP contribution in [0.15, 0.2) is 12.2 Å². The lowest BCUT2D eigenvalue weighted by Gasteiger charge is -1.92. The van der Waals surface area contributed by atoms with Crippen LogP contribution in [0.3, 0.4) is 0 Å². The zero-order valence-electron chi connectivity index (χ0n) is 5.30. The van der Waals surface area contributed by atoms with E-state index in [-0.39, 0.29) is 0 Å². The molecule has 0 spiro atoms. The first-order valence-electron chi connectivity index (χ1n) is 3.37. The van der Waals surface area contributed by atoms with Crippen LogP contribution in [0.5, 0.6) is 0 Å². The Morgan fingerprint density at radius 3 is 3.44 bits per heavy atom. The molecule has 0 radical (unpaired) electrons. The predicted octanol–water partition coefficient (Wildman–Crippen LogP) is 0.982. The van der Waals surface area contributed by atoms with E-state index in [4.69, 9.17) is 0 Å². The molecule has 1 heteroatoms. The smallest absolute Gasteiger partial charge is 0.0589 e. The number of hydrogen-bond acceptors (Lipinski definition) is 1. The zero-order valence-corrected chi connectivity index (χ0v) is 5.30. The van der Waals surface area contributed by atoms with Crippen LogP contribution in [-0.4, -0.2) is 17.5 Å². The third kappa shape index (κ3) is 0.929. The van der Waals surface area contributed by atoms with Crippen LogP contribution in [0.2, 0.25) is 0 Å². The highest BCUT2D eigenvalue weighted by molar-refractivity contribution is 5.15. The van der Waals surface area contributed by atoms with Gasteiger partial charge in [0.05, 0.1) is 6.04 Å². The Morgan fingerprint density at radius 2 is 2.44 bits per heavy atom. The van der Waals surface area contributed by atoms with Crippen molar-refractivity contribution in [2.24, 2.45) is 0 Å². The maximum Gasteiger partial charge on any atom is 0.0589 e. The van der Waals surface area contributed by atoms with E-state index in [1.54, 1.807) is 0 Å². The van der Waals surface area contributed by atoms with E-state index in [1.165, 1.54) is 13.0 Å². The molecule has 0 aliphatic carbocycles. The monoisotopic (exact) mass is 119 g/mol. The van der Waals surface area contributed by atoms with Crippen LogP contribution in [0.1, 0.15) is 12.8 Å². The Morgan fingerprint density at radius 1 is 1.44 bits per heavy atom. The van der Waals surface area contributed by atoms with Gasteiger partial charge in [-0.15, -0.1) is 0 Å². The molecule has 0 aromatic heterocycles. The van der Waals surface area contributed by atoms with E-state index >= 15 is 0 Å². The van der Waals surface area contributed by atoms with Gasteiger partial charge in [-0.05, 0) is 6.42 Å². The molecule has 0 aromatic rings. The maximum atomic E-state index is 3.09. The molecule has 1 fully saturated rings. The normalized spacial score (nSPS) is 29.3. The first kappa shape index (κ1) is 4.93. The number of allylic oxidation sites excluding steroid dienone is 1. The Kier molecular flexibility index (Phi) is 0.989. The second-order valence-electron chi connectivity index (χ2n) is 2.51. The molecule has 0 amide bonds. The lowest BCUT2D eigenvalue weighted by Crippen LogP contribution is -1.92. The molecule has 0 N–H and O–H groups in total. The van der Waals surface area contributed by atoms with Gasteiger partial charge in [0.2, 0.25) is 0 Å². The van der Waals surface area contributed by atoms with Gasteiger partial charge in [0.25, 0.3) is 0 Å². The van der Waals surface area contributed by atoms with E-state index in [1.807, 2.05) is 0 Å². The molecule has 46 valence electrons. The summed E-state index contributed by atoms with van der Waals surface area (Å²) in [5, 5.41) is 0. The first-order valence-corrected chi connectivity index (χ1v) is 3.37. The lowest BCUT2D eigenvalue weighted by atomic mass is 10.2. The molecule has 2 rings (SSSR count). The van der Waals surface area contributed by atoms with Crippen molar-refractivity contribution in [2.75, 3.05) is 6.54 Å². The number of rotatable bonds is 0. The first-order chi connectivity index (χ1) is 4.47. The van der Waals surface area contributed by atoms with Crippen LogP contribution in [-0.2, 0) is 0 Å². The van der Waals surface area contributed by atoms with Crippen LogP contribution in [0.4, 0.5) is 0 Å². The summed E-state index contributed by atoms with van der Waals surface area (Å²) in [4.78, 5) is 2.20. The summed E-state index contributed by atoms with van der Waals surface area (Å²) in [6.45, 7) is 1.19. The molecule has 9 heavy (non-hydrogen) atoms. The molecule has 2 heterocycles. The van der Waals surface area contributed by atoms with Crippen molar-refractivity contribution in [3.8, 4) is 12.0 Å². The van der Waals surface area contributed by atoms with E-state index in [2.05, 4.69) is 29.0 Å². The molecule has 1 saturated heterocycles. The number of hydrogen-bond donors (Lipinski definition) is 0. The Balaban J connectivity index is 2.10. The minimum absolute atomic E-state index is 0.758. The molecular formula is C8H9N. The molecule has 0 aromatic carbocycles. The summed E-state index contributed by atoms with van der Waals surface area (Å²) < 4.78 is 0. The van der Waals surface area contributed by atoms with Gasteiger partial charge in [-0.25, -0.2) is 0 Å². The maximum absolute atomic E-state index is 3.09. The fourth-order valence-electron chi connectivity index (χ4n) is 1.06. The van der Waals surface area contributed by atoms with Crippen molar-refractivity contribution >= 4 is 0 Å². The summed E-state index contributed by atoms with van der Waals surface area (Å²) in [5.74, 6) is 3.07. The van der Waals surface area contributed by atoms with Crippen molar-refractivity contribution in [2.45, 2.75) is 18.9 Å².